The summed E-state index contributed by atoms with van der Waals surface area (Å²) in [5.41, 5.74) is 3.28. The molecule has 1 atom stereocenters. The topological polar surface area (TPSA) is 146 Å². The molecular weight excluding hydrogens is 610 g/mol. The molecule has 2 aromatic heterocycles. The number of piperidine rings is 1. The van der Waals surface area contributed by atoms with Crippen molar-refractivity contribution in [3.8, 4) is 0 Å². The number of hydrogen-bond acceptors (Lipinski definition) is 10. The van der Waals surface area contributed by atoms with Crippen molar-refractivity contribution in [1.29, 1.82) is 0 Å². The van der Waals surface area contributed by atoms with E-state index in [1.54, 1.807) is 6.20 Å². The zero-order valence-corrected chi connectivity index (χ0v) is 24.7. The fourth-order valence-electron chi connectivity index (χ4n) is 5.41. The van der Waals surface area contributed by atoms with Crippen LogP contribution in [0.3, 0.4) is 0 Å². The van der Waals surface area contributed by atoms with Crippen molar-refractivity contribution >= 4 is 67.1 Å². The Morgan fingerprint density at radius 2 is 1.90 bits per heavy atom. The van der Waals surface area contributed by atoms with E-state index in [9.17, 15) is 8.76 Å². The predicted molar refractivity (Wildman–Crippen MR) is 162 cm³/mol. The van der Waals surface area contributed by atoms with Gasteiger partial charge in [0.2, 0.25) is 5.95 Å². The van der Waals surface area contributed by atoms with Crippen molar-refractivity contribution in [3.63, 3.8) is 0 Å². The van der Waals surface area contributed by atoms with Crippen LogP contribution < -0.4 is 20.3 Å². The van der Waals surface area contributed by atoms with Gasteiger partial charge in [0, 0.05) is 73.0 Å². The standard InChI is InChI=1S/C27H32BrN9O3S/c28-22-17-29-27(33-25(22)32-23-4-2-1-3-18(23)16-30-41(38)39)31-19-5-6-21-24(15-19)34-35-26(21)37-9-7-20(8-10-37)36-11-13-40-14-12-36/h1-6,15,17,20,30H,7-14,16H2,(H,34,35)(H,38,39)(H2,29,31,32,33)/p-1. The maximum atomic E-state index is 11.0. The number of halogens is 1. The fraction of sp³-hybridized carbons (Fsp3) is 0.370. The van der Waals surface area contributed by atoms with Crippen molar-refractivity contribution in [1.82, 2.24) is 29.8 Å². The van der Waals surface area contributed by atoms with E-state index >= 15 is 0 Å². The van der Waals surface area contributed by atoms with Crippen LogP contribution in [-0.4, -0.2) is 79.3 Å². The van der Waals surface area contributed by atoms with Crippen LogP contribution in [0.4, 0.5) is 29.0 Å². The molecule has 2 fully saturated rings. The highest BCUT2D eigenvalue weighted by molar-refractivity contribution is 9.10. The lowest BCUT2D eigenvalue weighted by Gasteiger charge is -2.40. The predicted octanol–water partition coefficient (Wildman–Crippen LogP) is 3.79. The molecular formula is C27H31BrN9O3S-. The summed E-state index contributed by atoms with van der Waals surface area (Å²) in [5, 5.41) is 15.5. The molecule has 0 bridgehead atoms. The summed E-state index contributed by atoms with van der Waals surface area (Å²) in [6.45, 7) is 5.86. The highest BCUT2D eigenvalue weighted by Gasteiger charge is 2.27. The molecule has 12 nitrogen and oxygen atoms in total. The molecule has 2 saturated heterocycles. The second-order valence-electron chi connectivity index (χ2n) is 10.0. The molecule has 0 aliphatic carbocycles. The number of aromatic amines is 1. The van der Waals surface area contributed by atoms with Gasteiger partial charge in [-0.25, -0.2) is 9.71 Å². The second-order valence-corrected chi connectivity index (χ2v) is 11.6. The van der Waals surface area contributed by atoms with Crippen LogP contribution in [0.5, 0.6) is 0 Å². The third kappa shape index (κ3) is 6.68. The lowest BCUT2D eigenvalue weighted by atomic mass is 10.0. The highest BCUT2D eigenvalue weighted by Crippen LogP contribution is 2.31. The molecule has 2 aliphatic rings. The molecule has 2 aliphatic heterocycles. The van der Waals surface area contributed by atoms with E-state index in [4.69, 9.17) is 4.74 Å². The molecule has 0 radical (unpaired) electrons. The van der Waals surface area contributed by atoms with Crippen LogP contribution in [0.25, 0.3) is 10.9 Å². The van der Waals surface area contributed by atoms with Crippen molar-refractivity contribution in [2.75, 3.05) is 54.9 Å². The molecule has 1 unspecified atom stereocenters. The van der Waals surface area contributed by atoms with E-state index in [0.717, 1.165) is 85.9 Å². The van der Waals surface area contributed by atoms with E-state index in [0.29, 0.717) is 22.3 Å². The van der Waals surface area contributed by atoms with Gasteiger partial charge in [-0.3, -0.25) is 14.2 Å². The summed E-state index contributed by atoms with van der Waals surface area (Å²) in [6.07, 6.45) is 3.92. The number of hydrogen-bond donors (Lipinski definition) is 4. The number of rotatable bonds is 9. The van der Waals surface area contributed by atoms with Gasteiger partial charge in [0.15, 0.2) is 5.82 Å². The first-order valence-electron chi connectivity index (χ1n) is 13.6. The average molecular weight is 642 g/mol. The molecule has 4 heterocycles. The van der Waals surface area contributed by atoms with Gasteiger partial charge in [-0.05, 0) is 58.6 Å². The van der Waals surface area contributed by atoms with Crippen molar-refractivity contribution in [2.24, 2.45) is 0 Å². The minimum Gasteiger partial charge on any atom is -0.760 e. The Balaban J connectivity index is 1.13. The number of nitrogens with one attached hydrogen (secondary N) is 4. The monoisotopic (exact) mass is 640 g/mol. The second kappa shape index (κ2) is 12.8. The molecule has 216 valence electrons. The summed E-state index contributed by atoms with van der Waals surface area (Å²) >= 11 is 1.15. The van der Waals surface area contributed by atoms with Gasteiger partial charge in [-0.15, -0.1) is 0 Å². The van der Waals surface area contributed by atoms with Gasteiger partial charge in [0.05, 0.1) is 23.2 Å². The molecule has 14 heteroatoms. The van der Waals surface area contributed by atoms with Crippen LogP contribution in [0.2, 0.25) is 0 Å². The highest BCUT2D eigenvalue weighted by atomic mass is 79.9. The number of ether oxygens (including phenoxy) is 1. The molecule has 0 amide bonds. The number of morpholine rings is 1. The number of benzene rings is 2. The molecule has 0 saturated carbocycles. The number of aromatic nitrogens is 4. The molecule has 6 rings (SSSR count). The van der Waals surface area contributed by atoms with Crippen LogP contribution in [0, 0.1) is 0 Å². The first kappa shape index (κ1) is 28.0. The third-order valence-corrected chi connectivity index (χ3v) is 8.48. The Labute approximate surface area is 248 Å². The zero-order valence-electron chi connectivity index (χ0n) is 22.3. The number of H-pyrrole nitrogens is 1. The van der Waals surface area contributed by atoms with E-state index in [1.807, 2.05) is 36.4 Å². The average Bonchev–Trinajstić information content (AvgIpc) is 3.42. The van der Waals surface area contributed by atoms with Crippen LogP contribution in [0.15, 0.2) is 53.1 Å². The van der Waals surface area contributed by atoms with Gasteiger partial charge in [-0.1, -0.05) is 18.2 Å². The van der Waals surface area contributed by atoms with Gasteiger partial charge in [0.25, 0.3) is 0 Å². The largest absolute Gasteiger partial charge is 0.760 e. The Morgan fingerprint density at radius 1 is 1.10 bits per heavy atom. The van der Waals surface area contributed by atoms with Gasteiger partial charge >= 0.3 is 0 Å². The lowest BCUT2D eigenvalue weighted by molar-refractivity contribution is 0.0115. The fourth-order valence-corrected chi connectivity index (χ4v) is 5.98. The smallest absolute Gasteiger partial charge is 0.229 e. The Bertz CT molecular complexity index is 1520. The van der Waals surface area contributed by atoms with Crippen LogP contribution in [-0.2, 0) is 22.5 Å². The number of para-hydroxylation sites is 1. The maximum absolute atomic E-state index is 11.0. The van der Waals surface area contributed by atoms with Crippen molar-refractivity contribution in [3.05, 3.63) is 58.7 Å². The lowest BCUT2D eigenvalue weighted by Crippen LogP contribution is -2.49. The number of nitrogens with zero attached hydrogens (tertiary/aromatic N) is 5. The Morgan fingerprint density at radius 3 is 2.71 bits per heavy atom. The molecule has 0 spiro atoms. The van der Waals surface area contributed by atoms with Crippen molar-refractivity contribution < 1.29 is 13.5 Å². The summed E-state index contributed by atoms with van der Waals surface area (Å²) in [4.78, 5) is 14.0. The summed E-state index contributed by atoms with van der Waals surface area (Å²) in [7, 11) is 0. The van der Waals surface area contributed by atoms with E-state index in [2.05, 4.69) is 67.3 Å². The van der Waals surface area contributed by atoms with Gasteiger partial charge < -0.3 is 24.8 Å². The SMILES string of the molecule is O=S([O-])NCc1ccccc1Nc1nc(Nc2ccc3c(N4CCC(N5CCOCC5)CC4)n[nH]c3c2)ncc1Br. The van der Waals surface area contributed by atoms with E-state index < -0.39 is 11.3 Å². The first-order chi connectivity index (χ1) is 20.0. The van der Waals surface area contributed by atoms with Gasteiger partial charge in [0.1, 0.15) is 5.82 Å². The minimum absolute atomic E-state index is 0.158. The number of fused-ring (bicyclic) bond motifs is 1. The maximum Gasteiger partial charge on any atom is 0.229 e. The summed E-state index contributed by atoms with van der Waals surface area (Å²) in [6, 6.07) is 14.1. The molecule has 4 N–H and O–H groups in total. The zero-order chi connectivity index (χ0) is 28.2. The number of anilines is 5. The minimum atomic E-state index is -2.35. The molecule has 2 aromatic carbocycles. The molecule has 4 aromatic rings. The van der Waals surface area contributed by atoms with Crippen LogP contribution in [0.1, 0.15) is 18.4 Å². The van der Waals surface area contributed by atoms with E-state index in [-0.39, 0.29) is 6.54 Å². The van der Waals surface area contributed by atoms with Gasteiger partial charge in [-0.2, -0.15) is 10.1 Å². The van der Waals surface area contributed by atoms with E-state index in [1.165, 1.54) is 0 Å². The Kier molecular flexibility index (Phi) is 8.74. The Hall–Kier alpha value is -3.14. The quantitative estimate of drug-likeness (QED) is 0.199. The first-order valence-corrected chi connectivity index (χ1v) is 15.4. The summed E-state index contributed by atoms with van der Waals surface area (Å²) in [5.74, 6) is 1.95. The van der Waals surface area contributed by atoms with Crippen molar-refractivity contribution in [2.45, 2.75) is 25.4 Å². The summed E-state index contributed by atoms with van der Waals surface area (Å²) < 4.78 is 30.5. The van der Waals surface area contributed by atoms with Crippen LogP contribution >= 0.6 is 15.9 Å². The normalized spacial score (nSPS) is 17.6. The third-order valence-electron chi connectivity index (χ3n) is 7.52. The molecule has 41 heavy (non-hydrogen) atoms.